The predicted octanol–water partition coefficient (Wildman–Crippen LogP) is 3.09. The first-order valence-corrected chi connectivity index (χ1v) is 7.65. The molecule has 25 heavy (non-hydrogen) atoms. The topological polar surface area (TPSA) is 59.8 Å². The third-order valence-electron chi connectivity index (χ3n) is 3.65. The lowest BCUT2D eigenvalue weighted by Gasteiger charge is -2.05. The number of nitrogens with zero attached hydrogens (tertiary/aromatic N) is 3. The van der Waals surface area contributed by atoms with Gasteiger partial charge in [0.15, 0.2) is 5.69 Å². The van der Waals surface area contributed by atoms with Crippen molar-refractivity contribution in [2.24, 2.45) is 0 Å². The Balaban J connectivity index is 1.72. The molecule has 0 fully saturated rings. The molecule has 0 spiro atoms. The number of nitrogens with one attached hydrogen (secondary N) is 1. The van der Waals surface area contributed by atoms with Crippen LogP contribution in [0.1, 0.15) is 27.2 Å². The molecule has 0 radical (unpaired) electrons. The normalized spacial score (nSPS) is 10.7. The number of amides is 1. The number of carbonyl (C=O) groups is 1. The van der Waals surface area contributed by atoms with E-state index < -0.39 is 17.5 Å². The van der Waals surface area contributed by atoms with Crippen molar-refractivity contribution < 1.29 is 13.6 Å². The van der Waals surface area contributed by atoms with E-state index >= 15 is 0 Å². The first-order chi connectivity index (χ1) is 11.9. The third-order valence-corrected chi connectivity index (χ3v) is 3.65. The summed E-state index contributed by atoms with van der Waals surface area (Å²) in [6.07, 6.45) is 1.50. The van der Waals surface area contributed by atoms with E-state index in [4.69, 9.17) is 0 Å². The molecule has 0 bridgehead atoms. The van der Waals surface area contributed by atoms with Crippen LogP contribution in [0.3, 0.4) is 0 Å². The largest absolute Gasteiger partial charge is 0.346 e. The van der Waals surface area contributed by atoms with E-state index in [2.05, 4.69) is 15.6 Å². The highest BCUT2D eigenvalue weighted by Crippen LogP contribution is 2.13. The van der Waals surface area contributed by atoms with Gasteiger partial charge in [0.25, 0.3) is 5.91 Å². The summed E-state index contributed by atoms with van der Waals surface area (Å²) in [5, 5.41) is 10.3. The standard InChI is InChI=1S/C18H16F2N4O/c1-11-5-12(2)7-15(6-11)24-10-17(22-23-24)18(25)21-9-13-3-4-14(19)8-16(13)20/h3-8,10H,9H2,1-2H3,(H,21,25). The quantitative estimate of drug-likeness (QED) is 0.793. The zero-order valence-electron chi connectivity index (χ0n) is 13.8. The molecule has 0 saturated heterocycles. The van der Waals surface area contributed by atoms with Crippen LogP contribution in [0.5, 0.6) is 0 Å². The van der Waals surface area contributed by atoms with Crippen LogP contribution in [-0.4, -0.2) is 20.9 Å². The Bertz CT molecular complexity index is 916. The number of hydrogen-bond acceptors (Lipinski definition) is 3. The first kappa shape index (κ1) is 16.8. The fraction of sp³-hybridized carbons (Fsp3) is 0.167. The molecule has 1 amide bonds. The van der Waals surface area contributed by atoms with E-state index in [1.54, 1.807) is 0 Å². The molecule has 128 valence electrons. The van der Waals surface area contributed by atoms with Gasteiger partial charge < -0.3 is 5.32 Å². The smallest absolute Gasteiger partial charge is 0.273 e. The SMILES string of the molecule is Cc1cc(C)cc(-n2cc(C(=O)NCc3ccc(F)cc3F)nn2)c1. The number of carbonyl (C=O) groups excluding carboxylic acids is 1. The van der Waals surface area contributed by atoms with Crippen LogP contribution >= 0.6 is 0 Å². The van der Waals surface area contributed by atoms with Crippen molar-refractivity contribution in [1.82, 2.24) is 20.3 Å². The number of aromatic nitrogens is 3. The predicted molar refractivity (Wildman–Crippen MR) is 88.4 cm³/mol. The Morgan fingerprint density at radius 1 is 1.12 bits per heavy atom. The summed E-state index contributed by atoms with van der Waals surface area (Å²) < 4.78 is 28.0. The molecular formula is C18H16F2N4O. The first-order valence-electron chi connectivity index (χ1n) is 7.65. The average molecular weight is 342 g/mol. The zero-order valence-corrected chi connectivity index (χ0v) is 13.8. The van der Waals surface area contributed by atoms with Crippen molar-refractivity contribution in [2.45, 2.75) is 20.4 Å². The summed E-state index contributed by atoms with van der Waals surface area (Å²) in [5.41, 5.74) is 3.25. The van der Waals surface area contributed by atoms with Gasteiger partial charge in [-0.3, -0.25) is 4.79 Å². The van der Waals surface area contributed by atoms with E-state index in [-0.39, 0.29) is 17.8 Å². The molecule has 3 aromatic rings. The van der Waals surface area contributed by atoms with Crippen LogP contribution in [-0.2, 0) is 6.54 Å². The summed E-state index contributed by atoms with van der Waals surface area (Å²) in [5.74, 6) is -1.86. The van der Waals surface area contributed by atoms with Crippen molar-refractivity contribution in [3.05, 3.63) is 76.6 Å². The van der Waals surface area contributed by atoms with Crippen LogP contribution in [0.15, 0.2) is 42.6 Å². The fourth-order valence-electron chi connectivity index (χ4n) is 2.51. The zero-order chi connectivity index (χ0) is 18.0. The van der Waals surface area contributed by atoms with Gasteiger partial charge in [0.05, 0.1) is 11.9 Å². The minimum atomic E-state index is -0.709. The van der Waals surface area contributed by atoms with Gasteiger partial charge in [0.1, 0.15) is 11.6 Å². The van der Waals surface area contributed by atoms with Crippen LogP contribution < -0.4 is 5.32 Å². The molecule has 0 aliphatic heterocycles. The van der Waals surface area contributed by atoms with Crippen molar-refractivity contribution in [3.63, 3.8) is 0 Å². The van der Waals surface area contributed by atoms with Crippen LogP contribution in [0.4, 0.5) is 8.78 Å². The van der Waals surface area contributed by atoms with Crippen molar-refractivity contribution in [3.8, 4) is 5.69 Å². The summed E-state index contributed by atoms with van der Waals surface area (Å²) in [6, 6.07) is 9.09. The number of halogens is 2. The molecule has 1 heterocycles. The summed E-state index contributed by atoms with van der Waals surface area (Å²) >= 11 is 0. The second kappa shape index (κ2) is 6.80. The van der Waals surface area contributed by atoms with E-state index in [1.807, 2.05) is 32.0 Å². The molecule has 0 aliphatic carbocycles. The Morgan fingerprint density at radius 3 is 2.52 bits per heavy atom. The maximum atomic E-state index is 13.6. The Morgan fingerprint density at radius 2 is 1.84 bits per heavy atom. The maximum Gasteiger partial charge on any atom is 0.273 e. The van der Waals surface area contributed by atoms with Crippen LogP contribution in [0.25, 0.3) is 5.69 Å². The van der Waals surface area contributed by atoms with E-state index in [9.17, 15) is 13.6 Å². The molecule has 2 aromatic carbocycles. The molecule has 1 N–H and O–H groups in total. The van der Waals surface area contributed by atoms with E-state index in [1.165, 1.54) is 16.9 Å². The molecule has 0 aliphatic rings. The maximum absolute atomic E-state index is 13.6. The van der Waals surface area contributed by atoms with Crippen LogP contribution in [0, 0.1) is 25.5 Å². The number of aryl methyl sites for hydroxylation is 2. The third kappa shape index (κ3) is 3.88. The molecule has 0 unspecified atom stereocenters. The number of hydrogen-bond donors (Lipinski definition) is 1. The number of benzene rings is 2. The van der Waals surface area contributed by atoms with E-state index in [0.29, 0.717) is 0 Å². The minimum absolute atomic E-state index is 0.0681. The second-order valence-electron chi connectivity index (χ2n) is 5.81. The lowest BCUT2D eigenvalue weighted by Crippen LogP contribution is -2.23. The van der Waals surface area contributed by atoms with Gasteiger partial charge in [0, 0.05) is 18.2 Å². The Labute approximate surface area is 143 Å². The minimum Gasteiger partial charge on any atom is -0.346 e. The van der Waals surface area contributed by atoms with Crippen molar-refractivity contribution in [2.75, 3.05) is 0 Å². The van der Waals surface area contributed by atoms with E-state index in [0.717, 1.165) is 28.9 Å². The molecule has 7 heteroatoms. The van der Waals surface area contributed by atoms with Gasteiger partial charge in [-0.1, -0.05) is 17.3 Å². The number of rotatable bonds is 4. The lowest BCUT2D eigenvalue weighted by atomic mass is 10.1. The lowest BCUT2D eigenvalue weighted by molar-refractivity contribution is 0.0945. The highest BCUT2D eigenvalue weighted by molar-refractivity contribution is 5.91. The highest BCUT2D eigenvalue weighted by atomic mass is 19.1. The molecule has 0 saturated carbocycles. The molecular weight excluding hydrogens is 326 g/mol. The Hall–Kier alpha value is -3.09. The van der Waals surface area contributed by atoms with Gasteiger partial charge >= 0.3 is 0 Å². The molecule has 1 aromatic heterocycles. The van der Waals surface area contributed by atoms with Gasteiger partial charge in [-0.25, -0.2) is 13.5 Å². The van der Waals surface area contributed by atoms with Gasteiger partial charge in [0.2, 0.25) is 0 Å². The van der Waals surface area contributed by atoms with Crippen LogP contribution in [0.2, 0.25) is 0 Å². The van der Waals surface area contributed by atoms with Crippen molar-refractivity contribution >= 4 is 5.91 Å². The molecule has 0 atom stereocenters. The Kier molecular flexibility index (Phi) is 4.56. The summed E-state index contributed by atoms with van der Waals surface area (Å²) in [7, 11) is 0. The fourth-order valence-corrected chi connectivity index (χ4v) is 2.51. The summed E-state index contributed by atoms with van der Waals surface area (Å²) in [6.45, 7) is 3.87. The van der Waals surface area contributed by atoms with Gasteiger partial charge in [-0.05, 0) is 43.2 Å². The van der Waals surface area contributed by atoms with Gasteiger partial charge in [-0.2, -0.15) is 0 Å². The van der Waals surface area contributed by atoms with Gasteiger partial charge in [-0.15, -0.1) is 5.10 Å². The molecule has 3 rings (SSSR count). The summed E-state index contributed by atoms with van der Waals surface area (Å²) in [4.78, 5) is 12.2. The highest BCUT2D eigenvalue weighted by Gasteiger charge is 2.13. The second-order valence-corrected chi connectivity index (χ2v) is 5.81. The monoisotopic (exact) mass is 342 g/mol. The average Bonchev–Trinajstić information content (AvgIpc) is 3.03. The molecule has 5 nitrogen and oxygen atoms in total. The van der Waals surface area contributed by atoms with Crippen molar-refractivity contribution in [1.29, 1.82) is 0 Å².